The molecule has 0 aliphatic rings. The maximum Gasteiger partial charge on any atom is 0.367 e. The fourth-order valence-corrected chi connectivity index (χ4v) is 11.3. The van der Waals surface area contributed by atoms with Gasteiger partial charge >= 0.3 is 17.1 Å². The third kappa shape index (κ3) is 7.03. The molecule has 0 amide bonds. The first-order chi connectivity index (χ1) is 10.1. The Bertz CT molecular complexity index is 277. The average molecular weight is 333 g/mol. The zero-order valence-corrected chi connectivity index (χ0v) is 16.5. The van der Waals surface area contributed by atoms with Gasteiger partial charge in [0.05, 0.1) is 0 Å². The highest BCUT2D eigenvalue weighted by molar-refractivity contribution is 6.90. The minimum absolute atomic E-state index is 0.634. The molecular formula is C15H32O4Si2. The molecule has 6 heteroatoms. The molecule has 0 atom stereocenters. The Balaban J connectivity index is 5.52. The van der Waals surface area contributed by atoms with E-state index in [0.717, 1.165) is 5.67 Å². The van der Waals surface area contributed by atoms with Gasteiger partial charge in [0.2, 0.25) is 0 Å². The quantitative estimate of drug-likeness (QED) is 0.510. The van der Waals surface area contributed by atoms with Crippen LogP contribution in [0.5, 0.6) is 0 Å². The van der Waals surface area contributed by atoms with E-state index >= 15 is 0 Å². The maximum atomic E-state index is 6.08. The summed E-state index contributed by atoms with van der Waals surface area (Å²) < 4.78 is 24.3. The lowest BCUT2D eigenvalue weighted by molar-refractivity contribution is 0.175. The molecule has 0 aliphatic carbocycles. The van der Waals surface area contributed by atoms with Crippen molar-refractivity contribution in [3.8, 4) is 0 Å². The second-order valence-corrected chi connectivity index (χ2v) is 11.0. The van der Waals surface area contributed by atoms with E-state index in [1.807, 2.05) is 53.7 Å². The summed E-state index contributed by atoms with van der Waals surface area (Å²) in [5.41, 5.74) is 4.92. The van der Waals surface area contributed by atoms with Crippen LogP contribution in [-0.4, -0.2) is 43.5 Å². The molecule has 0 aromatic heterocycles. The van der Waals surface area contributed by atoms with Crippen LogP contribution in [0.15, 0.2) is 23.6 Å². The largest absolute Gasteiger partial charge is 0.392 e. The van der Waals surface area contributed by atoms with Crippen LogP contribution in [0, 0.1) is 0 Å². The Morgan fingerprint density at radius 1 is 0.619 bits per heavy atom. The normalized spacial score (nSPS) is 13.6. The molecular weight excluding hydrogens is 300 g/mol. The van der Waals surface area contributed by atoms with Gasteiger partial charge in [-0.1, -0.05) is 12.2 Å². The fourth-order valence-electron chi connectivity index (χ4n) is 2.43. The molecule has 0 bridgehead atoms. The first kappa shape index (κ1) is 20.8. The topological polar surface area (TPSA) is 36.9 Å². The van der Waals surface area contributed by atoms with Gasteiger partial charge in [0.1, 0.15) is 0 Å². The van der Waals surface area contributed by atoms with E-state index in [1.165, 1.54) is 0 Å². The Kier molecular flexibility index (Phi) is 11.2. The van der Waals surface area contributed by atoms with E-state index in [4.69, 9.17) is 17.7 Å². The SMILES string of the molecule is CC=C[Si](C[Si](C=CC)(OCC)OCC)(OCC)OCC. The molecule has 0 spiro atoms. The standard InChI is InChI=1S/C15H32O4Si2/c1-7-13-20(16-9-3,17-10-4)15-21(14-8-2,18-11-5)19-12-6/h7-8,13-14H,9-12,15H2,1-6H3. The fraction of sp³-hybridized carbons (Fsp3) is 0.733. The third-order valence-electron chi connectivity index (χ3n) is 2.89. The third-order valence-corrected chi connectivity index (χ3v) is 11.6. The molecule has 0 aromatic carbocycles. The van der Waals surface area contributed by atoms with E-state index in [0.29, 0.717) is 26.4 Å². The highest BCUT2D eigenvalue weighted by Gasteiger charge is 2.48. The summed E-state index contributed by atoms with van der Waals surface area (Å²) in [5.74, 6) is 0. The van der Waals surface area contributed by atoms with Crippen LogP contribution in [0.3, 0.4) is 0 Å². The van der Waals surface area contributed by atoms with Gasteiger partial charge in [0.15, 0.2) is 0 Å². The Morgan fingerprint density at radius 2 is 0.905 bits per heavy atom. The minimum Gasteiger partial charge on any atom is -0.392 e. The predicted molar refractivity (Wildman–Crippen MR) is 92.4 cm³/mol. The zero-order valence-electron chi connectivity index (χ0n) is 14.5. The van der Waals surface area contributed by atoms with Crippen molar-refractivity contribution in [2.75, 3.05) is 26.4 Å². The van der Waals surface area contributed by atoms with Crippen LogP contribution in [0.25, 0.3) is 0 Å². The summed E-state index contributed by atoms with van der Waals surface area (Å²) in [6, 6.07) is 0. The van der Waals surface area contributed by atoms with E-state index in [1.54, 1.807) is 0 Å². The minimum atomic E-state index is -2.46. The molecule has 21 heavy (non-hydrogen) atoms. The summed E-state index contributed by atoms with van der Waals surface area (Å²) in [5, 5.41) is 0. The smallest absolute Gasteiger partial charge is 0.367 e. The van der Waals surface area contributed by atoms with Gasteiger partial charge < -0.3 is 17.7 Å². The summed E-state index contributed by atoms with van der Waals surface area (Å²) in [6.45, 7) is 14.6. The summed E-state index contributed by atoms with van der Waals surface area (Å²) in [4.78, 5) is 0. The highest BCUT2D eigenvalue weighted by Crippen LogP contribution is 2.27. The molecule has 0 saturated carbocycles. The van der Waals surface area contributed by atoms with E-state index in [2.05, 4.69) is 11.4 Å². The number of hydrogen-bond acceptors (Lipinski definition) is 4. The van der Waals surface area contributed by atoms with Crippen molar-refractivity contribution >= 4 is 17.1 Å². The molecule has 0 radical (unpaired) electrons. The van der Waals surface area contributed by atoms with Crippen LogP contribution >= 0.6 is 0 Å². The molecule has 0 aliphatic heterocycles. The zero-order chi connectivity index (χ0) is 16.2. The number of hydrogen-bond donors (Lipinski definition) is 0. The van der Waals surface area contributed by atoms with Gasteiger partial charge in [-0.3, -0.25) is 0 Å². The molecule has 0 heterocycles. The van der Waals surface area contributed by atoms with Crippen molar-refractivity contribution in [2.45, 2.75) is 47.2 Å². The summed E-state index contributed by atoms with van der Waals surface area (Å²) in [6.07, 6.45) is 4.04. The van der Waals surface area contributed by atoms with Crippen molar-refractivity contribution in [2.24, 2.45) is 0 Å². The van der Waals surface area contributed by atoms with Crippen molar-refractivity contribution in [3.05, 3.63) is 23.6 Å². The first-order valence-corrected chi connectivity index (χ1v) is 12.1. The number of allylic oxidation sites excluding steroid dienone is 2. The van der Waals surface area contributed by atoms with Crippen molar-refractivity contribution in [1.82, 2.24) is 0 Å². The average Bonchev–Trinajstić information content (AvgIpc) is 2.40. The Hall–Kier alpha value is -0.246. The van der Waals surface area contributed by atoms with Gasteiger partial charge in [-0.2, -0.15) is 0 Å². The maximum absolute atomic E-state index is 6.08. The van der Waals surface area contributed by atoms with Crippen molar-refractivity contribution in [1.29, 1.82) is 0 Å². The molecule has 0 aromatic rings. The monoisotopic (exact) mass is 332 g/mol. The van der Waals surface area contributed by atoms with Gasteiger partial charge in [-0.25, -0.2) is 0 Å². The van der Waals surface area contributed by atoms with Gasteiger partial charge in [-0.15, -0.1) is 0 Å². The lowest BCUT2D eigenvalue weighted by Crippen LogP contribution is -2.53. The van der Waals surface area contributed by atoms with E-state index in [-0.39, 0.29) is 0 Å². The van der Waals surface area contributed by atoms with Crippen LogP contribution in [0.1, 0.15) is 41.5 Å². The van der Waals surface area contributed by atoms with Crippen LogP contribution in [0.4, 0.5) is 0 Å². The molecule has 0 N–H and O–H groups in total. The predicted octanol–water partition coefficient (Wildman–Crippen LogP) is 3.79. The summed E-state index contributed by atoms with van der Waals surface area (Å²) in [7, 11) is -4.93. The molecule has 0 saturated heterocycles. The van der Waals surface area contributed by atoms with E-state index in [9.17, 15) is 0 Å². The second-order valence-electron chi connectivity index (χ2n) is 4.53. The van der Waals surface area contributed by atoms with Gasteiger partial charge in [0, 0.05) is 32.1 Å². The van der Waals surface area contributed by atoms with Gasteiger partial charge in [-0.05, 0) is 52.9 Å². The lowest BCUT2D eigenvalue weighted by Gasteiger charge is -2.35. The molecule has 0 rings (SSSR count). The molecule has 0 fully saturated rings. The number of rotatable bonds is 12. The van der Waals surface area contributed by atoms with Crippen LogP contribution < -0.4 is 0 Å². The molecule has 0 unspecified atom stereocenters. The van der Waals surface area contributed by atoms with Crippen molar-refractivity contribution < 1.29 is 17.7 Å². The van der Waals surface area contributed by atoms with Crippen LogP contribution in [0.2, 0.25) is 5.67 Å². The first-order valence-electron chi connectivity index (χ1n) is 7.91. The summed E-state index contributed by atoms with van der Waals surface area (Å²) >= 11 is 0. The molecule has 124 valence electrons. The second kappa shape index (κ2) is 11.3. The molecule has 4 nitrogen and oxygen atoms in total. The highest BCUT2D eigenvalue weighted by atomic mass is 28.4. The van der Waals surface area contributed by atoms with Crippen LogP contribution in [-0.2, 0) is 17.7 Å². The Morgan fingerprint density at radius 3 is 1.10 bits per heavy atom. The van der Waals surface area contributed by atoms with E-state index < -0.39 is 17.1 Å². The lowest BCUT2D eigenvalue weighted by atomic mass is 10.8. The van der Waals surface area contributed by atoms with Gasteiger partial charge in [0.25, 0.3) is 0 Å². The Labute approximate surface area is 132 Å². The van der Waals surface area contributed by atoms with Crippen molar-refractivity contribution in [3.63, 3.8) is 0 Å².